The van der Waals surface area contributed by atoms with Crippen LogP contribution >= 0.6 is 11.6 Å². The summed E-state index contributed by atoms with van der Waals surface area (Å²) in [6, 6.07) is 5.94. The number of carboxylic acid groups (broad SMARTS) is 1. The molecule has 0 spiro atoms. The van der Waals surface area contributed by atoms with Crippen LogP contribution in [0.25, 0.3) is 0 Å². The van der Waals surface area contributed by atoms with E-state index in [0.29, 0.717) is 17.3 Å². The summed E-state index contributed by atoms with van der Waals surface area (Å²) in [6.45, 7) is 0.679. The van der Waals surface area contributed by atoms with Crippen LogP contribution in [-0.2, 0) is 19.1 Å². The van der Waals surface area contributed by atoms with Gasteiger partial charge >= 0.3 is 5.97 Å². The van der Waals surface area contributed by atoms with Crippen LogP contribution in [0.1, 0.15) is 6.42 Å². The molecule has 0 aromatic heterocycles. The number of amides is 2. The number of halogens is 1. The lowest BCUT2D eigenvalue weighted by Crippen LogP contribution is -2.54. The van der Waals surface area contributed by atoms with Crippen molar-refractivity contribution in [2.24, 2.45) is 5.92 Å². The number of benzene rings is 1. The Hall–Kier alpha value is -2.12. The zero-order valence-corrected chi connectivity index (χ0v) is 13.6. The van der Waals surface area contributed by atoms with Crippen LogP contribution < -0.4 is 4.90 Å². The lowest BCUT2D eigenvalue weighted by molar-refractivity contribution is -0.160. The number of carbonyl (C=O) groups is 3. The average Bonchev–Trinajstić information content (AvgIpc) is 2.96. The van der Waals surface area contributed by atoms with Crippen LogP contribution in [0, 0.1) is 5.92 Å². The highest BCUT2D eigenvalue weighted by Crippen LogP contribution is 2.32. The molecule has 2 amide bonds. The van der Waals surface area contributed by atoms with Gasteiger partial charge < -0.3 is 19.6 Å². The number of hydrogen-bond donors (Lipinski definition) is 1. The fourth-order valence-electron chi connectivity index (χ4n) is 3.08. The van der Waals surface area contributed by atoms with Gasteiger partial charge in [-0.25, -0.2) is 4.79 Å². The van der Waals surface area contributed by atoms with Crippen LogP contribution in [0.15, 0.2) is 24.3 Å². The zero-order chi connectivity index (χ0) is 17.3. The number of para-hydroxylation sites is 1. The molecule has 2 atom stereocenters. The number of anilines is 1. The minimum absolute atomic E-state index is 0.0318. The third-order valence-corrected chi connectivity index (χ3v) is 4.63. The lowest BCUT2D eigenvalue weighted by Gasteiger charge is -2.34. The first kappa shape index (κ1) is 16.7. The Morgan fingerprint density at radius 2 is 2.04 bits per heavy atom. The van der Waals surface area contributed by atoms with Crippen molar-refractivity contribution in [3.8, 4) is 0 Å². The Labute approximate surface area is 143 Å². The van der Waals surface area contributed by atoms with E-state index in [0.717, 1.165) is 0 Å². The van der Waals surface area contributed by atoms with Crippen molar-refractivity contribution in [2.75, 3.05) is 31.2 Å². The first-order chi connectivity index (χ1) is 11.5. The van der Waals surface area contributed by atoms with Crippen molar-refractivity contribution in [1.82, 2.24) is 4.90 Å². The summed E-state index contributed by atoms with van der Waals surface area (Å²) in [7, 11) is 0. The van der Waals surface area contributed by atoms with Gasteiger partial charge in [-0.3, -0.25) is 9.59 Å². The second-order valence-electron chi connectivity index (χ2n) is 5.82. The summed E-state index contributed by atoms with van der Waals surface area (Å²) in [5.41, 5.74) is 0.566. The van der Waals surface area contributed by atoms with E-state index < -0.39 is 17.9 Å². The average molecular weight is 353 g/mol. The minimum atomic E-state index is -1.10. The number of carbonyl (C=O) groups excluding carboxylic acids is 2. The summed E-state index contributed by atoms with van der Waals surface area (Å²) >= 11 is 6.13. The minimum Gasteiger partial charge on any atom is -0.480 e. The van der Waals surface area contributed by atoms with E-state index in [1.54, 1.807) is 24.3 Å². The highest BCUT2D eigenvalue weighted by atomic mass is 35.5. The maximum atomic E-state index is 12.7. The monoisotopic (exact) mass is 352 g/mol. The number of hydrogen-bond acceptors (Lipinski definition) is 4. The molecule has 7 nitrogen and oxygen atoms in total. The van der Waals surface area contributed by atoms with Crippen molar-refractivity contribution in [2.45, 2.75) is 12.5 Å². The molecule has 1 N–H and O–H groups in total. The summed E-state index contributed by atoms with van der Waals surface area (Å²) in [6.07, 6.45) is 0.0494. The molecule has 0 saturated carbocycles. The molecule has 3 rings (SSSR count). The van der Waals surface area contributed by atoms with E-state index >= 15 is 0 Å². The molecule has 0 bridgehead atoms. The molecule has 0 radical (unpaired) electrons. The van der Waals surface area contributed by atoms with E-state index in [-0.39, 0.29) is 37.9 Å². The fourth-order valence-corrected chi connectivity index (χ4v) is 3.32. The van der Waals surface area contributed by atoms with Gasteiger partial charge in [-0.2, -0.15) is 0 Å². The SMILES string of the molecule is O=C(O)[C@H]1COCCN1C(=O)[C@H]1CC(=O)N(c2ccccc2Cl)C1. The van der Waals surface area contributed by atoms with E-state index in [9.17, 15) is 19.5 Å². The smallest absolute Gasteiger partial charge is 0.328 e. The maximum Gasteiger partial charge on any atom is 0.328 e. The third kappa shape index (κ3) is 3.09. The summed E-state index contributed by atoms with van der Waals surface area (Å²) in [5.74, 6) is -2.20. The molecule has 8 heteroatoms. The summed E-state index contributed by atoms with van der Waals surface area (Å²) < 4.78 is 5.14. The summed E-state index contributed by atoms with van der Waals surface area (Å²) in [4.78, 5) is 39.1. The maximum absolute atomic E-state index is 12.7. The highest BCUT2D eigenvalue weighted by Gasteiger charge is 2.41. The number of aliphatic carboxylic acids is 1. The highest BCUT2D eigenvalue weighted by molar-refractivity contribution is 6.33. The van der Waals surface area contributed by atoms with Crippen LogP contribution in [0.5, 0.6) is 0 Å². The second-order valence-corrected chi connectivity index (χ2v) is 6.22. The number of ether oxygens (including phenoxy) is 1. The van der Waals surface area contributed by atoms with E-state index in [2.05, 4.69) is 0 Å². The lowest BCUT2D eigenvalue weighted by atomic mass is 10.1. The van der Waals surface area contributed by atoms with Crippen molar-refractivity contribution in [3.63, 3.8) is 0 Å². The normalized spacial score (nSPS) is 24.3. The quantitative estimate of drug-likeness (QED) is 0.877. The Balaban J connectivity index is 1.76. The van der Waals surface area contributed by atoms with Gasteiger partial charge in [0, 0.05) is 19.5 Å². The number of morpholine rings is 1. The van der Waals surface area contributed by atoms with Crippen LogP contribution in [0.3, 0.4) is 0 Å². The zero-order valence-electron chi connectivity index (χ0n) is 12.9. The Kier molecular flexibility index (Phi) is 4.73. The Bertz CT molecular complexity index is 680. The predicted molar refractivity (Wildman–Crippen MR) is 85.9 cm³/mol. The molecule has 2 aliphatic heterocycles. The second kappa shape index (κ2) is 6.78. The molecule has 2 saturated heterocycles. The molecule has 2 heterocycles. The van der Waals surface area contributed by atoms with Gasteiger partial charge in [-0.1, -0.05) is 23.7 Å². The fraction of sp³-hybridized carbons (Fsp3) is 0.438. The van der Waals surface area contributed by atoms with Crippen LogP contribution in [-0.4, -0.2) is 60.1 Å². The van der Waals surface area contributed by atoms with Gasteiger partial charge in [0.15, 0.2) is 6.04 Å². The van der Waals surface area contributed by atoms with Gasteiger partial charge in [0.05, 0.1) is 29.8 Å². The number of carboxylic acids is 1. The standard InChI is InChI=1S/C16H17ClN2O5/c17-11-3-1-2-4-12(11)19-8-10(7-14(19)20)15(21)18-5-6-24-9-13(18)16(22)23/h1-4,10,13H,5-9H2,(H,22,23)/t10-,13+/m0/s1. The first-order valence-electron chi connectivity index (χ1n) is 7.65. The molecule has 24 heavy (non-hydrogen) atoms. The Morgan fingerprint density at radius 1 is 1.29 bits per heavy atom. The van der Waals surface area contributed by atoms with Crippen molar-refractivity contribution in [1.29, 1.82) is 0 Å². The molecule has 0 unspecified atom stereocenters. The Morgan fingerprint density at radius 3 is 2.75 bits per heavy atom. The molecule has 0 aliphatic carbocycles. The van der Waals surface area contributed by atoms with Crippen LogP contribution in [0.4, 0.5) is 5.69 Å². The summed E-state index contributed by atoms with van der Waals surface area (Å²) in [5, 5.41) is 9.69. The van der Waals surface area contributed by atoms with Crippen molar-refractivity contribution in [3.05, 3.63) is 29.3 Å². The molecular formula is C16H17ClN2O5. The topological polar surface area (TPSA) is 87.1 Å². The molecule has 1 aromatic rings. The van der Waals surface area contributed by atoms with Gasteiger partial charge in [0.1, 0.15) is 0 Å². The van der Waals surface area contributed by atoms with Gasteiger partial charge in [0.2, 0.25) is 11.8 Å². The van der Waals surface area contributed by atoms with Crippen molar-refractivity contribution >= 4 is 35.1 Å². The van der Waals surface area contributed by atoms with E-state index in [1.807, 2.05) is 0 Å². The van der Waals surface area contributed by atoms with Gasteiger partial charge in [-0.05, 0) is 12.1 Å². The van der Waals surface area contributed by atoms with Gasteiger partial charge in [-0.15, -0.1) is 0 Å². The van der Waals surface area contributed by atoms with E-state index in [1.165, 1.54) is 9.80 Å². The van der Waals surface area contributed by atoms with Gasteiger partial charge in [0.25, 0.3) is 0 Å². The molecule has 2 fully saturated rings. The number of nitrogens with zero attached hydrogens (tertiary/aromatic N) is 2. The van der Waals surface area contributed by atoms with Crippen LogP contribution in [0.2, 0.25) is 5.02 Å². The molecule has 2 aliphatic rings. The van der Waals surface area contributed by atoms with Crippen molar-refractivity contribution < 1.29 is 24.2 Å². The molecular weight excluding hydrogens is 336 g/mol. The predicted octanol–water partition coefficient (Wildman–Crippen LogP) is 1.00. The largest absolute Gasteiger partial charge is 0.480 e. The van der Waals surface area contributed by atoms with E-state index in [4.69, 9.17) is 16.3 Å². The first-order valence-corrected chi connectivity index (χ1v) is 8.02. The molecule has 1 aromatic carbocycles. The molecule has 128 valence electrons. The number of rotatable bonds is 3. The third-order valence-electron chi connectivity index (χ3n) is 4.31.